The second kappa shape index (κ2) is 11.9. The Kier molecular flexibility index (Phi) is 8.43. The van der Waals surface area contributed by atoms with Crippen LogP contribution < -0.4 is 9.64 Å². The predicted octanol–water partition coefficient (Wildman–Crippen LogP) is 4.73. The summed E-state index contributed by atoms with van der Waals surface area (Å²) >= 11 is 6.67. The van der Waals surface area contributed by atoms with Crippen molar-refractivity contribution in [1.29, 1.82) is 5.26 Å². The van der Waals surface area contributed by atoms with Crippen LogP contribution >= 0.6 is 11.6 Å². The van der Waals surface area contributed by atoms with Crippen molar-refractivity contribution in [2.75, 3.05) is 44.3 Å². The number of rotatable bonds is 8. The quantitative estimate of drug-likeness (QED) is 0.433. The zero-order valence-electron chi connectivity index (χ0n) is 19.7. The van der Waals surface area contributed by atoms with Gasteiger partial charge in [-0.25, -0.2) is 4.85 Å². The molecule has 0 amide bonds. The lowest BCUT2D eigenvalue weighted by Crippen LogP contribution is -2.49. The summed E-state index contributed by atoms with van der Waals surface area (Å²) in [4.78, 5) is 7.87. The van der Waals surface area contributed by atoms with E-state index in [9.17, 15) is 10.4 Å². The first kappa shape index (κ1) is 25.5. The molecule has 0 bridgehead atoms. The number of nitriles is 1. The summed E-state index contributed by atoms with van der Waals surface area (Å²) in [5, 5.41) is 29.7. The van der Waals surface area contributed by atoms with Crippen LogP contribution in [0.5, 0.6) is 5.75 Å². The van der Waals surface area contributed by atoms with E-state index in [-0.39, 0.29) is 19.3 Å². The molecule has 0 spiro atoms. The molecule has 1 aliphatic rings. The average Bonchev–Trinajstić information content (AvgIpc) is 2.92. The maximum absolute atomic E-state index is 10.9. The van der Waals surface area contributed by atoms with Gasteiger partial charge in [0.25, 0.3) is 0 Å². The van der Waals surface area contributed by atoms with Gasteiger partial charge in [-0.3, -0.25) is 4.90 Å². The maximum Gasteiger partial charge on any atom is 0.187 e. The topological polar surface area (TPSA) is 84.3 Å². The molecule has 0 aliphatic carbocycles. The molecule has 0 radical (unpaired) electrons. The van der Waals surface area contributed by atoms with Crippen molar-refractivity contribution in [3.8, 4) is 11.8 Å². The van der Waals surface area contributed by atoms with Crippen LogP contribution in [-0.4, -0.2) is 54.5 Å². The van der Waals surface area contributed by atoms with Crippen molar-refractivity contribution in [2.24, 2.45) is 0 Å². The average molecular weight is 503 g/mol. The van der Waals surface area contributed by atoms with Gasteiger partial charge in [0.05, 0.1) is 47.7 Å². The van der Waals surface area contributed by atoms with Crippen LogP contribution in [-0.2, 0) is 0 Å². The minimum atomic E-state index is -0.676. The van der Waals surface area contributed by atoms with Gasteiger partial charge in [-0.05, 0) is 35.4 Å². The molecule has 0 saturated carbocycles. The molecule has 1 saturated heterocycles. The summed E-state index contributed by atoms with van der Waals surface area (Å²) < 4.78 is 5.50. The second-order valence-electron chi connectivity index (χ2n) is 8.61. The van der Waals surface area contributed by atoms with Crippen LogP contribution in [0.15, 0.2) is 66.7 Å². The van der Waals surface area contributed by atoms with Crippen molar-refractivity contribution in [2.45, 2.75) is 12.1 Å². The molecule has 4 rings (SSSR count). The smallest absolute Gasteiger partial charge is 0.187 e. The number of piperazine rings is 1. The largest absolute Gasteiger partial charge is 0.491 e. The van der Waals surface area contributed by atoms with E-state index < -0.39 is 6.10 Å². The summed E-state index contributed by atoms with van der Waals surface area (Å²) in [5.41, 5.74) is 3.84. The SMILES string of the molecule is [C-]#[N+]c1ccc([C@H](O)CN2CCN(c3ccc(OCCO)cc3Cl)[C@H](c3ccc(C#N)cc3)C2)cc1. The third-order valence-corrected chi connectivity index (χ3v) is 6.62. The fraction of sp³-hybridized carbons (Fsp3) is 0.286. The Morgan fingerprint density at radius 1 is 1.11 bits per heavy atom. The molecular weight excluding hydrogens is 476 g/mol. The highest BCUT2D eigenvalue weighted by Crippen LogP contribution is 2.37. The van der Waals surface area contributed by atoms with Gasteiger partial charge in [-0.1, -0.05) is 48.0 Å². The van der Waals surface area contributed by atoms with E-state index in [0.717, 1.165) is 23.4 Å². The predicted molar refractivity (Wildman–Crippen MR) is 139 cm³/mol. The Hall–Kier alpha value is -3.59. The molecule has 8 heteroatoms. The van der Waals surface area contributed by atoms with Crippen LogP contribution in [0, 0.1) is 17.9 Å². The van der Waals surface area contributed by atoms with E-state index in [4.69, 9.17) is 28.0 Å². The minimum absolute atomic E-state index is 0.0510. The number of ether oxygens (including phenoxy) is 1. The molecule has 7 nitrogen and oxygen atoms in total. The van der Waals surface area contributed by atoms with Gasteiger partial charge in [0, 0.05) is 32.2 Å². The molecule has 36 heavy (non-hydrogen) atoms. The first-order chi connectivity index (χ1) is 17.5. The number of aliphatic hydroxyl groups is 2. The van der Waals surface area contributed by atoms with E-state index >= 15 is 0 Å². The number of β-amino-alcohol motifs (C(OH)–C–C–N with tert-alkyl or cyclic N) is 1. The van der Waals surface area contributed by atoms with Crippen LogP contribution in [0.25, 0.3) is 4.85 Å². The Labute approximate surface area is 216 Å². The van der Waals surface area contributed by atoms with Crippen LogP contribution in [0.3, 0.4) is 0 Å². The summed E-state index contributed by atoms with van der Waals surface area (Å²) in [6.45, 7) is 9.76. The van der Waals surface area contributed by atoms with Gasteiger partial charge in [-0.15, -0.1) is 0 Å². The highest BCUT2D eigenvalue weighted by molar-refractivity contribution is 6.33. The van der Waals surface area contributed by atoms with E-state index in [1.807, 2.05) is 36.4 Å². The molecule has 3 aromatic carbocycles. The number of halogens is 1. The monoisotopic (exact) mass is 502 g/mol. The number of nitrogens with zero attached hydrogens (tertiary/aromatic N) is 4. The molecule has 3 aromatic rings. The molecule has 1 heterocycles. The Balaban J connectivity index is 1.56. The highest BCUT2D eigenvalue weighted by atomic mass is 35.5. The molecule has 184 valence electrons. The number of hydrogen-bond donors (Lipinski definition) is 2. The van der Waals surface area contributed by atoms with E-state index in [0.29, 0.717) is 41.7 Å². The summed E-state index contributed by atoms with van der Waals surface area (Å²) in [6, 6.07) is 22.2. The Morgan fingerprint density at radius 3 is 2.50 bits per heavy atom. The third-order valence-electron chi connectivity index (χ3n) is 6.32. The molecule has 2 atom stereocenters. The first-order valence-corrected chi connectivity index (χ1v) is 12.1. The molecule has 1 fully saturated rings. The number of anilines is 1. The molecule has 0 unspecified atom stereocenters. The second-order valence-corrected chi connectivity index (χ2v) is 9.01. The number of benzene rings is 3. The van der Waals surface area contributed by atoms with E-state index in [2.05, 4.69) is 20.7 Å². The van der Waals surface area contributed by atoms with Crippen molar-refractivity contribution in [3.05, 3.63) is 99.9 Å². The van der Waals surface area contributed by atoms with E-state index in [1.54, 1.807) is 30.3 Å². The van der Waals surface area contributed by atoms with E-state index in [1.165, 1.54) is 0 Å². The Bertz CT molecular complexity index is 1250. The van der Waals surface area contributed by atoms with Gasteiger partial charge >= 0.3 is 0 Å². The van der Waals surface area contributed by atoms with Crippen LogP contribution in [0.1, 0.15) is 28.8 Å². The van der Waals surface area contributed by atoms with Crippen LogP contribution in [0.4, 0.5) is 11.4 Å². The lowest BCUT2D eigenvalue weighted by atomic mass is 9.99. The van der Waals surface area contributed by atoms with Gasteiger partial charge in [0.15, 0.2) is 5.69 Å². The number of hydrogen-bond acceptors (Lipinski definition) is 6. The summed E-state index contributed by atoms with van der Waals surface area (Å²) in [5.74, 6) is 0.596. The van der Waals surface area contributed by atoms with Crippen LogP contribution in [0.2, 0.25) is 5.02 Å². The molecule has 2 N–H and O–H groups in total. The first-order valence-electron chi connectivity index (χ1n) is 11.7. The summed E-state index contributed by atoms with van der Waals surface area (Å²) in [6.07, 6.45) is -0.676. The standard InChI is InChI=1S/C28H27ClN4O3/c1-31-23-8-6-22(7-9-23)28(35)19-32-12-13-33(26-11-10-24(16-25(26)29)36-15-14-34)27(18-32)21-4-2-20(17-30)3-5-21/h2-11,16,27-28,34-35H,12-15,18-19H2/t27-,28+/m0/s1. The fourth-order valence-electron chi connectivity index (χ4n) is 4.45. The lowest BCUT2D eigenvalue weighted by Gasteiger charge is -2.44. The molecular formula is C28H27ClN4O3. The minimum Gasteiger partial charge on any atom is -0.491 e. The summed E-state index contributed by atoms with van der Waals surface area (Å²) in [7, 11) is 0. The Morgan fingerprint density at radius 2 is 1.86 bits per heavy atom. The highest BCUT2D eigenvalue weighted by Gasteiger charge is 2.31. The normalized spacial score (nSPS) is 16.7. The van der Waals surface area contributed by atoms with Crippen molar-refractivity contribution in [3.63, 3.8) is 0 Å². The van der Waals surface area contributed by atoms with Crippen molar-refractivity contribution < 1.29 is 14.9 Å². The third kappa shape index (κ3) is 5.96. The lowest BCUT2D eigenvalue weighted by molar-refractivity contribution is 0.100. The molecule has 0 aromatic heterocycles. The zero-order chi connectivity index (χ0) is 25.5. The fourth-order valence-corrected chi connectivity index (χ4v) is 4.73. The van der Waals surface area contributed by atoms with Gasteiger partial charge < -0.3 is 19.8 Å². The van der Waals surface area contributed by atoms with Gasteiger partial charge in [0.2, 0.25) is 0 Å². The molecule has 1 aliphatic heterocycles. The zero-order valence-corrected chi connectivity index (χ0v) is 20.5. The van der Waals surface area contributed by atoms with Gasteiger partial charge in [0.1, 0.15) is 12.4 Å². The van der Waals surface area contributed by atoms with Crippen molar-refractivity contribution >= 4 is 23.0 Å². The van der Waals surface area contributed by atoms with Gasteiger partial charge in [-0.2, -0.15) is 5.26 Å². The maximum atomic E-state index is 10.9. The van der Waals surface area contributed by atoms with Crippen molar-refractivity contribution in [1.82, 2.24) is 4.90 Å². The number of aliphatic hydroxyl groups excluding tert-OH is 2.